The van der Waals surface area contributed by atoms with Crippen LogP contribution in [0.3, 0.4) is 0 Å². The first-order valence-electron chi connectivity index (χ1n) is 13.0. The fourth-order valence-electron chi connectivity index (χ4n) is 4.48. The molecule has 3 aromatic heterocycles. The number of anilines is 2. The van der Waals surface area contributed by atoms with Crippen LogP contribution in [0.25, 0.3) is 21.9 Å². The average molecular weight is 522 g/mol. The Morgan fingerprint density at radius 3 is 2.51 bits per heavy atom. The van der Waals surface area contributed by atoms with Crippen molar-refractivity contribution < 1.29 is 9.53 Å². The highest BCUT2D eigenvalue weighted by Crippen LogP contribution is 2.30. The Balaban J connectivity index is 1.57. The van der Waals surface area contributed by atoms with Crippen LogP contribution in [0.2, 0.25) is 0 Å². The van der Waals surface area contributed by atoms with Crippen molar-refractivity contribution in [1.29, 1.82) is 0 Å². The maximum Gasteiger partial charge on any atom is 0.242 e. The lowest BCUT2D eigenvalue weighted by molar-refractivity contribution is -0.117. The second kappa shape index (κ2) is 11.6. The van der Waals surface area contributed by atoms with Crippen LogP contribution in [0.15, 0.2) is 48.8 Å². The number of carbonyl (C=O) groups is 1. The van der Waals surface area contributed by atoms with E-state index in [2.05, 4.69) is 32.4 Å². The summed E-state index contributed by atoms with van der Waals surface area (Å²) in [4.78, 5) is 33.3. The molecule has 1 aromatic carbocycles. The number of morpholine rings is 1. The summed E-state index contributed by atoms with van der Waals surface area (Å²) < 4.78 is 5.48. The lowest BCUT2D eigenvalue weighted by atomic mass is 10.0. The molecule has 1 amide bonds. The van der Waals surface area contributed by atoms with Gasteiger partial charge in [-0.1, -0.05) is 12.0 Å². The van der Waals surface area contributed by atoms with Crippen molar-refractivity contribution in [3.63, 3.8) is 0 Å². The molecule has 2 N–H and O–H groups in total. The normalized spacial score (nSPS) is 14.0. The summed E-state index contributed by atoms with van der Waals surface area (Å²) in [6.07, 6.45) is 3.60. The predicted molar refractivity (Wildman–Crippen MR) is 153 cm³/mol. The minimum Gasteiger partial charge on any atom is -0.378 e. The zero-order chi connectivity index (χ0) is 27.4. The molecule has 5 rings (SSSR count). The van der Waals surface area contributed by atoms with Crippen LogP contribution < -0.4 is 15.5 Å². The first-order chi connectivity index (χ1) is 18.9. The summed E-state index contributed by atoms with van der Waals surface area (Å²) in [6.45, 7) is 8.60. The third-order valence-corrected chi connectivity index (χ3v) is 6.76. The fourth-order valence-corrected chi connectivity index (χ4v) is 4.48. The van der Waals surface area contributed by atoms with Crippen molar-refractivity contribution >= 4 is 28.4 Å². The number of amides is 1. The Morgan fingerprint density at radius 2 is 1.77 bits per heavy atom. The zero-order valence-electron chi connectivity index (χ0n) is 22.6. The second-order valence-electron chi connectivity index (χ2n) is 9.45. The van der Waals surface area contributed by atoms with Crippen LogP contribution >= 0.6 is 0 Å². The van der Waals surface area contributed by atoms with Crippen LogP contribution in [0.1, 0.15) is 29.6 Å². The van der Waals surface area contributed by atoms with E-state index >= 15 is 0 Å². The number of aryl methyl sites for hydroxylation is 2. The van der Waals surface area contributed by atoms with Crippen molar-refractivity contribution in [1.82, 2.24) is 25.3 Å². The molecule has 1 fully saturated rings. The third kappa shape index (κ3) is 5.87. The largest absolute Gasteiger partial charge is 0.378 e. The van der Waals surface area contributed by atoms with Crippen molar-refractivity contribution in [3.05, 3.63) is 71.4 Å². The summed E-state index contributed by atoms with van der Waals surface area (Å²) in [5, 5.41) is 7.93. The molecule has 0 spiro atoms. The topological polar surface area (TPSA) is 105 Å². The first-order valence-corrected chi connectivity index (χ1v) is 13.0. The number of hydrogen-bond acceptors (Lipinski definition) is 8. The number of nitrogens with zero attached hydrogens (tertiary/aromatic N) is 5. The van der Waals surface area contributed by atoms with Crippen LogP contribution in [0.5, 0.6) is 0 Å². The molecule has 4 aromatic rings. The van der Waals surface area contributed by atoms with E-state index in [1.165, 1.54) is 0 Å². The molecule has 1 unspecified atom stereocenters. The van der Waals surface area contributed by atoms with Gasteiger partial charge >= 0.3 is 0 Å². The van der Waals surface area contributed by atoms with Crippen LogP contribution in [0, 0.1) is 25.7 Å². The van der Waals surface area contributed by atoms with E-state index in [4.69, 9.17) is 19.7 Å². The van der Waals surface area contributed by atoms with E-state index < -0.39 is 0 Å². The third-order valence-electron chi connectivity index (χ3n) is 6.76. The molecule has 1 aliphatic heterocycles. The molecule has 4 heterocycles. The van der Waals surface area contributed by atoms with Gasteiger partial charge in [-0.05, 0) is 69.5 Å². The highest BCUT2D eigenvalue weighted by molar-refractivity contribution is 5.94. The van der Waals surface area contributed by atoms with Gasteiger partial charge in [0.2, 0.25) is 11.9 Å². The number of rotatable bonds is 5. The molecule has 39 heavy (non-hydrogen) atoms. The van der Waals surface area contributed by atoms with Gasteiger partial charge in [-0.15, -0.1) is 0 Å². The Morgan fingerprint density at radius 1 is 1.00 bits per heavy atom. The quantitative estimate of drug-likeness (QED) is 0.385. The van der Waals surface area contributed by atoms with Crippen LogP contribution in [-0.4, -0.2) is 65.2 Å². The van der Waals surface area contributed by atoms with Gasteiger partial charge in [0.05, 0.1) is 30.6 Å². The van der Waals surface area contributed by atoms with Crippen molar-refractivity contribution in [3.8, 4) is 23.0 Å². The second-order valence-corrected chi connectivity index (χ2v) is 9.45. The summed E-state index contributed by atoms with van der Waals surface area (Å²) in [5.74, 6) is 7.47. The minimum absolute atomic E-state index is 0.176. The molecule has 0 bridgehead atoms. The summed E-state index contributed by atoms with van der Waals surface area (Å²) in [7, 11) is 1.74. The number of carbonyl (C=O) groups excluding carboxylic acids is 1. The molecule has 198 valence electrons. The Labute approximate surface area is 228 Å². The SMILES string of the molecule is CNC(C)C(=O)Nc1ccc(-c2c(C)nc(N3CCOCC3)nc2C)c(C#Cc2ccc3cnccc3c2)n1. The molecular weight excluding hydrogens is 490 g/mol. The Bertz CT molecular complexity index is 1560. The lowest BCUT2D eigenvalue weighted by Crippen LogP contribution is -2.37. The van der Waals surface area contributed by atoms with Gasteiger partial charge in [0, 0.05) is 47.6 Å². The lowest BCUT2D eigenvalue weighted by Gasteiger charge is -2.27. The molecular formula is C30H31N7O2. The smallest absolute Gasteiger partial charge is 0.242 e. The van der Waals surface area contributed by atoms with Gasteiger partial charge in [0.15, 0.2) is 0 Å². The molecule has 0 radical (unpaired) electrons. The number of pyridine rings is 2. The molecule has 1 saturated heterocycles. The van der Waals surface area contributed by atoms with Crippen molar-refractivity contribution in [2.24, 2.45) is 0 Å². The van der Waals surface area contributed by atoms with Crippen LogP contribution in [-0.2, 0) is 9.53 Å². The van der Waals surface area contributed by atoms with Gasteiger partial charge in [-0.3, -0.25) is 9.78 Å². The maximum atomic E-state index is 12.5. The van der Waals surface area contributed by atoms with Crippen molar-refractivity contribution in [2.45, 2.75) is 26.8 Å². The standard InChI is InChI=1S/C30H31N7O2/c1-19-28(20(2)34-30(33-19)37-13-15-39-16-14-37)25-8-10-27(36-29(38)21(3)31-4)35-26(25)9-6-22-5-7-24-18-32-12-11-23(24)17-22/h5,7-8,10-12,17-18,21,31H,13-16H2,1-4H3,(H,35,36,38). The molecule has 9 nitrogen and oxygen atoms in total. The number of hydrogen-bond donors (Lipinski definition) is 2. The highest BCUT2D eigenvalue weighted by atomic mass is 16.5. The van der Waals surface area contributed by atoms with Gasteiger partial charge in [-0.2, -0.15) is 0 Å². The van der Waals surface area contributed by atoms with E-state index in [9.17, 15) is 4.79 Å². The van der Waals surface area contributed by atoms with E-state index in [-0.39, 0.29) is 11.9 Å². The number of aromatic nitrogens is 4. The van der Waals surface area contributed by atoms with E-state index in [1.54, 1.807) is 26.2 Å². The molecule has 0 saturated carbocycles. The van der Waals surface area contributed by atoms with Gasteiger partial charge in [0.1, 0.15) is 11.5 Å². The number of fused-ring (bicyclic) bond motifs is 1. The summed E-state index contributed by atoms with van der Waals surface area (Å²) in [6, 6.07) is 11.3. The average Bonchev–Trinajstić information content (AvgIpc) is 2.96. The molecule has 1 atom stereocenters. The van der Waals surface area contributed by atoms with E-state index in [0.29, 0.717) is 30.7 Å². The molecule has 9 heteroatoms. The number of likely N-dealkylation sites (N-methyl/N-ethyl adjacent to an activating group) is 1. The summed E-state index contributed by atoms with van der Waals surface area (Å²) in [5.41, 5.74) is 4.77. The maximum absolute atomic E-state index is 12.5. The summed E-state index contributed by atoms with van der Waals surface area (Å²) >= 11 is 0. The number of ether oxygens (including phenoxy) is 1. The number of benzene rings is 1. The fraction of sp³-hybridized carbons (Fsp3) is 0.300. The van der Waals surface area contributed by atoms with Crippen LogP contribution in [0.4, 0.5) is 11.8 Å². The predicted octanol–water partition coefficient (Wildman–Crippen LogP) is 3.49. The molecule has 0 aliphatic carbocycles. The number of nitrogens with one attached hydrogen (secondary N) is 2. The first kappa shape index (κ1) is 26.2. The Kier molecular flexibility index (Phi) is 7.77. The van der Waals surface area contributed by atoms with Gasteiger partial charge in [0.25, 0.3) is 0 Å². The van der Waals surface area contributed by atoms with E-state index in [1.807, 2.05) is 50.4 Å². The van der Waals surface area contributed by atoms with Crippen molar-refractivity contribution in [2.75, 3.05) is 43.6 Å². The van der Waals surface area contributed by atoms with Gasteiger partial charge < -0.3 is 20.3 Å². The Hall–Kier alpha value is -4.39. The zero-order valence-corrected chi connectivity index (χ0v) is 22.6. The van der Waals surface area contributed by atoms with E-state index in [0.717, 1.165) is 51.9 Å². The monoisotopic (exact) mass is 521 g/mol. The highest BCUT2D eigenvalue weighted by Gasteiger charge is 2.20. The molecule has 1 aliphatic rings. The van der Waals surface area contributed by atoms with Gasteiger partial charge in [-0.25, -0.2) is 15.0 Å². The minimum atomic E-state index is -0.362.